The molecule has 4 aromatic rings. The van der Waals surface area contributed by atoms with Gasteiger partial charge < -0.3 is 9.88 Å². The average Bonchev–Trinajstić information content (AvgIpc) is 2.97. The number of aromatic nitrogens is 3. The molecule has 0 aliphatic heterocycles. The summed E-state index contributed by atoms with van der Waals surface area (Å²) >= 11 is 0. The molecule has 0 aliphatic rings. The fraction of sp³-hybridized carbons (Fsp3) is 0.200. The molecule has 2 aromatic carbocycles. The molecular weight excluding hydrogens is 334 g/mol. The van der Waals surface area contributed by atoms with E-state index in [0.29, 0.717) is 12.2 Å². The van der Waals surface area contributed by atoms with Crippen LogP contribution in [-0.4, -0.2) is 21.1 Å². The summed E-state index contributed by atoms with van der Waals surface area (Å²) in [5, 5.41) is 3.40. The van der Waals surface area contributed by atoms with Crippen molar-refractivity contribution in [2.75, 3.05) is 11.9 Å². The monoisotopic (exact) mass is 352 g/mol. The van der Waals surface area contributed by atoms with Crippen LogP contribution in [-0.2, 0) is 6.54 Å². The summed E-state index contributed by atoms with van der Waals surface area (Å²) < 4.78 is 30.1. The van der Waals surface area contributed by atoms with Crippen molar-refractivity contribution < 1.29 is 8.78 Å². The van der Waals surface area contributed by atoms with Gasteiger partial charge in [0.1, 0.15) is 23.0 Å². The SMILES string of the molecule is Cc1nc2ccccc2n1CCCNc1ccnc2c(F)ccc(F)c12. The van der Waals surface area contributed by atoms with Crippen molar-refractivity contribution in [2.24, 2.45) is 0 Å². The Bertz CT molecular complexity index is 1090. The Hall–Kier alpha value is -3.02. The summed E-state index contributed by atoms with van der Waals surface area (Å²) in [5.74, 6) is -0.0346. The zero-order valence-corrected chi connectivity index (χ0v) is 14.3. The molecule has 0 aliphatic carbocycles. The minimum Gasteiger partial charge on any atom is -0.384 e. The van der Waals surface area contributed by atoms with Gasteiger partial charge in [0.15, 0.2) is 0 Å². The Morgan fingerprint density at radius 3 is 2.73 bits per heavy atom. The third kappa shape index (κ3) is 2.87. The highest BCUT2D eigenvalue weighted by atomic mass is 19.1. The number of fused-ring (bicyclic) bond motifs is 2. The largest absolute Gasteiger partial charge is 0.384 e. The first-order chi connectivity index (χ1) is 12.6. The molecule has 4 rings (SSSR count). The lowest BCUT2D eigenvalue weighted by molar-refractivity contribution is 0.615. The molecule has 0 saturated heterocycles. The van der Waals surface area contributed by atoms with Crippen LogP contribution >= 0.6 is 0 Å². The lowest BCUT2D eigenvalue weighted by Gasteiger charge is -2.11. The Balaban J connectivity index is 1.50. The number of pyridine rings is 1. The molecule has 0 fully saturated rings. The molecule has 0 radical (unpaired) electrons. The lowest BCUT2D eigenvalue weighted by atomic mass is 10.1. The number of aryl methyl sites for hydroxylation is 2. The van der Waals surface area contributed by atoms with Crippen LogP contribution in [0.15, 0.2) is 48.7 Å². The first kappa shape index (κ1) is 16.4. The molecule has 2 heterocycles. The van der Waals surface area contributed by atoms with Crippen molar-refractivity contribution >= 4 is 27.6 Å². The molecule has 6 heteroatoms. The highest BCUT2D eigenvalue weighted by molar-refractivity contribution is 5.91. The van der Waals surface area contributed by atoms with Crippen LogP contribution in [0.25, 0.3) is 21.9 Å². The fourth-order valence-corrected chi connectivity index (χ4v) is 3.28. The summed E-state index contributed by atoms with van der Waals surface area (Å²) in [4.78, 5) is 8.50. The molecule has 0 bridgehead atoms. The van der Waals surface area contributed by atoms with Crippen molar-refractivity contribution in [1.29, 1.82) is 0 Å². The molecule has 4 nitrogen and oxygen atoms in total. The van der Waals surface area contributed by atoms with E-state index in [9.17, 15) is 8.78 Å². The third-order valence-corrected chi connectivity index (χ3v) is 4.51. The van der Waals surface area contributed by atoms with Gasteiger partial charge in [-0.05, 0) is 43.7 Å². The van der Waals surface area contributed by atoms with Gasteiger partial charge in [0.2, 0.25) is 0 Å². The number of benzene rings is 2. The summed E-state index contributed by atoms with van der Waals surface area (Å²) in [6.45, 7) is 3.40. The molecule has 0 saturated carbocycles. The number of rotatable bonds is 5. The van der Waals surface area contributed by atoms with Crippen LogP contribution in [0.4, 0.5) is 14.5 Å². The minimum absolute atomic E-state index is 0.0476. The summed E-state index contributed by atoms with van der Waals surface area (Å²) in [7, 11) is 0. The van der Waals surface area contributed by atoms with E-state index >= 15 is 0 Å². The van der Waals surface area contributed by atoms with E-state index in [1.54, 1.807) is 6.07 Å². The normalized spacial score (nSPS) is 11.3. The highest BCUT2D eigenvalue weighted by Gasteiger charge is 2.11. The van der Waals surface area contributed by atoms with Gasteiger partial charge in [0.25, 0.3) is 0 Å². The molecular formula is C20H18F2N4. The van der Waals surface area contributed by atoms with Gasteiger partial charge in [0.05, 0.1) is 16.4 Å². The van der Waals surface area contributed by atoms with Gasteiger partial charge in [0, 0.05) is 25.0 Å². The van der Waals surface area contributed by atoms with Crippen LogP contribution in [0, 0.1) is 18.6 Å². The zero-order chi connectivity index (χ0) is 18.1. The van der Waals surface area contributed by atoms with Crippen molar-refractivity contribution in [2.45, 2.75) is 19.9 Å². The van der Waals surface area contributed by atoms with Crippen molar-refractivity contribution in [3.05, 3.63) is 66.1 Å². The maximum atomic E-state index is 14.1. The van der Waals surface area contributed by atoms with Crippen LogP contribution in [0.1, 0.15) is 12.2 Å². The molecule has 132 valence electrons. The molecule has 2 aromatic heterocycles. The van der Waals surface area contributed by atoms with Gasteiger partial charge in [-0.25, -0.2) is 13.8 Å². The van der Waals surface area contributed by atoms with E-state index in [1.165, 1.54) is 6.20 Å². The topological polar surface area (TPSA) is 42.7 Å². The van der Waals surface area contributed by atoms with E-state index in [2.05, 4.69) is 25.9 Å². The number of hydrogen-bond donors (Lipinski definition) is 1. The molecule has 0 spiro atoms. The second-order valence-corrected chi connectivity index (χ2v) is 6.19. The number of anilines is 1. The summed E-state index contributed by atoms with van der Waals surface area (Å²) in [6.07, 6.45) is 2.31. The quantitative estimate of drug-likeness (QED) is 0.531. The van der Waals surface area contributed by atoms with Gasteiger partial charge >= 0.3 is 0 Å². The molecule has 0 amide bonds. The van der Waals surface area contributed by atoms with E-state index in [1.807, 2.05) is 25.1 Å². The zero-order valence-electron chi connectivity index (χ0n) is 14.3. The van der Waals surface area contributed by atoms with Crippen LogP contribution < -0.4 is 5.32 Å². The van der Waals surface area contributed by atoms with Gasteiger partial charge in [-0.15, -0.1) is 0 Å². The van der Waals surface area contributed by atoms with E-state index in [-0.39, 0.29) is 10.9 Å². The molecule has 0 unspecified atom stereocenters. The predicted octanol–water partition coefficient (Wildman–Crippen LogP) is 4.67. The second kappa shape index (κ2) is 6.71. The molecule has 26 heavy (non-hydrogen) atoms. The standard InChI is InChI=1S/C20H18F2N4/c1-13-25-16-5-2-3-6-18(16)26(13)12-4-10-23-17-9-11-24-20-15(22)8-7-14(21)19(17)20/h2-3,5-9,11H,4,10,12H2,1H3,(H,23,24). The number of hydrogen-bond acceptors (Lipinski definition) is 3. The van der Waals surface area contributed by atoms with Crippen LogP contribution in [0.3, 0.4) is 0 Å². The first-order valence-corrected chi connectivity index (χ1v) is 8.53. The Morgan fingerprint density at radius 1 is 1.04 bits per heavy atom. The molecule has 0 atom stereocenters. The Morgan fingerprint density at radius 2 is 1.85 bits per heavy atom. The van der Waals surface area contributed by atoms with Crippen LogP contribution in [0.2, 0.25) is 0 Å². The van der Waals surface area contributed by atoms with E-state index in [4.69, 9.17) is 0 Å². The number of halogens is 2. The maximum absolute atomic E-state index is 14.1. The van der Waals surface area contributed by atoms with Gasteiger partial charge in [-0.1, -0.05) is 12.1 Å². The second-order valence-electron chi connectivity index (χ2n) is 6.19. The van der Waals surface area contributed by atoms with Crippen molar-refractivity contribution in [1.82, 2.24) is 14.5 Å². The maximum Gasteiger partial charge on any atom is 0.149 e. The molecule has 1 N–H and O–H groups in total. The first-order valence-electron chi connectivity index (χ1n) is 8.53. The van der Waals surface area contributed by atoms with Gasteiger partial charge in [-0.2, -0.15) is 0 Å². The fourth-order valence-electron chi connectivity index (χ4n) is 3.28. The number of imidazole rings is 1. The van der Waals surface area contributed by atoms with E-state index < -0.39 is 11.6 Å². The number of para-hydroxylation sites is 2. The number of nitrogens with zero attached hydrogens (tertiary/aromatic N) is 3. The summed E-state index contributed by atoms with van der Waals surface area (Å²) in [5.41, 5.74) is 2.69. The average molecular weight is 352 g/mol. The highest BCUT2D eigenvalue weighted by Crippen LogP contribution is 2.26. The number of nitrogens with one attached hydrogen (secondary N) is 1. The van der Waals surface area contributed by atoms with E-state index in [0.717, 1.165) is 42.0 Å². The summed E-state index contributed by atoms with van der Waals surface area (Å²) in [6, 6.07) is 11.9. The lowest BCUT2D eigenvalue weighted by Crippen LogP contribution is -2.08. The van der Waals surface area contributed by atoms with Crippen molar-refractivity contribution in [3.63, 3.8) is 0 Å². The Labute approximate surface area is 149 Å². The van der Waals surface area contributed by atoms with Crippen LogP contribution in [0.5, 0.6) is 0 Å². The third-order valence-electron chi connectivity index (χ3n) is 4.51. The van der Waals surface area contributed by atoms with Gasteiger partial charge in [-0.3, -0.25) is 4.98 Å². The predicted molar refractivity (Wildman–Crippen MR) is 99.2 cm³/mol. The smallest absolute Gasteiger partial charge is 0.149 e. The Kier molecular flexibility index (Phi) is 4.24. The minimum atomic E-state index is -0.523. The van der Waals surface area contributed by atoms with Crippen molar-refractivity contribution in [3.8, 4) is 0 Å².